The molecule has 0 fully saturated rings. The first kappa shape index (κ1) is 15.3. The van der Waals surface area contributed by atoms with Gasteiger partial charge in [-0.2, -0.15) is 0 Å². The lowest BCUT2D eigenvalue weighted by Crippen LogP contribution is -2.13. The molecule has 0 aliphatic heterocycles. The zero-order valence-electron chi connectivity index (χ0n) is 13.6. The molecule has 0 unspecified atom stereocenters. The molecule has 3 aromatic rings. The van der Waals surface area contributed by atoms with Crippen molar-refractivity contribution in [2.45, 2.75) is 33.1 Å². The number of aromatic nitrogens is 1. The molecule has 3 N–H and O–H groups in total. The highest BCUT2D eigenvalue weighted by atomic mass is 16.1. The van der Waals surface area contributed by atoms with Crippen LogP contribution >= 0.6 is 0 Å². The van der Waals surface area contributed by atoms with Crippen LogP contribution in [-0.4, -0.2) is 4.98 Å². The fourth-order valence-electron chi connectivity index (χ4n) is 3.17. The number of rotatable bonds is 4. The Labute approximate surface area is 136 Å². The number of nitrogens with one attached hydrogen (secondary N) is 1. The van der Waals surface area contributed by atoms with Gasteiger partial charge in [0.1, 0.15) is 0 Å². The number of hydrogen-bond donors (Lipinski definition) is 2. The monoisotopic (exact) mass is 306 g/mol. The van der Waals surface area contributed by atoms with Gasteiger partial charge in [-0.25, -0.2) is 0 Å². The first-order valence-electron chi connectivity index (χ1n) is 8.18. The number of aryl methyl sites for hydroxylation is 2. The third kappa shape index (κ3) is 2.74. The Balaban J connectivity index is 2.41. The number of hydrogen-bond acceptors (Lipinski definition) is 2. The Morgan fingerprint density at radius 3 is 2.48 bits per heavy atom. The number of pyridine rings is 1. The van der Waals surface area contributed by atoms with Gasteiger partial charge in [-0.15, -0.1) is 0 Å². The average molecular weight is 306 g/mol. The summed E-state index contributed by atoms with van der Waals surface area (Å²) in [5, 5.41) is 0.681. The third-order valence-electron chi connectivity index (χ3n) is 4.24. The maximum absolute atomic E-state index is 13.2. The number of benzene rings is 2. The smallest absolute Gasteiger partial charge is 0.197 e. The Morgan fingerprint density at radius 2 is 1.83 bits per heavy atom. The normalized spacial score (nSPS) is 11.0. The van der Waals surface area contributed by atoms with E-state index in [4.69, 9.17) is 5.73 Å². The molecule has 0 spiro atoms. The Hall–Kier alpha value is -2.55. The SMILES string of the molecule is CCCc1[nH]c2c(CC)cc(N)cc2c(=O)c1-c1ccccc1. The van der Waals surface area contributed by atoms with Crippen LogP contribution in [0.5, 0.6) is 0 Å². The van der Waals surface area contributed by atoms with E-state index in [9.17, 15) is 4.79 Å². The first-order chi connectivity index (χ1) is 11.2. The molecule has 0 amide bonds. The molecular formula is C20H22N2O. The van der Waals surface area contributed by atoms with Crippen LogP contribution < -0.4 is 11.2 Å². The van der Waals surface area contributed by atoms with Crippen molar-refractivity contribution in [3.63, 3.8) is 0 Å². The second-order valence-electron chi connectivity index (χ2n) is 5.88. The minimum absolute atomic E-state index is 0.0652. The van der Waals surface area contributed by atoms with E-state index < -0.39 is 0 Å². The summed E-state index contributed by atoms with van der Waals surface area (Å²) in [5.41, 5.74) is 11.5. The first-order valence-corrected chi connectivity index (χ1v) is 8.18. The van der Waals surface area contributed by atoms with Gasteiger partial charge >= 0.3 is 0 Å². The van der Waals surface area contributed by atoms with E-state index >= 15 is 0 Å². The summed E-state index contributed by atoms with van der Waals surface area (Å²) in [5.74, 6) is 0. The summed E-state index contributed by atoms with van der Waals surface area (Å²) >= 11 is 0. The van der Waals surface area contributed by atoms with E-state index in [1.807, 2.05) is 36.4 Å². The van der Waals surface area contributed by atoms with Crippen LogP contribution in [0.4, 0.5) is 5.69 Å². The summed E-state index contributed by atoms with van der Waals surface area (Å²) in [6, 6.07) is 13.6. The molecule has 1 heterocycles. The van der Waals surface area contributed by atoms with Crippen LogP contribution in [0.3, 0.4) is 0 Å². The van der Waals surface area contributed by atoms with Gasteiger partial charge in [0.05, 0.1) is 5.52 Å². The van der Waals surface area contributed by atoms with Crippen LogP contribution in [-0.2, 0) is 12.8 Å². The van der Waals surface area contributed by atoms with Crippen LogP contribution in [0, 0.1) is 0 Å². The minimum Gasteiger partial charge on any atom is -0.399 e. The molecule has 2 aromatic carbocycles. The molecule has 3 nitrogen and oxygen atoms in total. The van der Waals surface area contributed by atoms with Crippen molar-refractivity contribution in [3.05, 3.63) is 63.9 Å². The van der Waals surface area contributed by atoms with Crippen LogP contribution in [0.15, 0.2) is 47.3 Å². The second kappa shape index (κ2) is 6.29. The molecule has 1 aromatic heterocycles. The summed E-state index contributed by atoms with van der Waals surface area (Å²) < 4.78 is 0. The summed E-state index contributed by atoms with van der Waals surface area (Å²) in [7, 11) is 0. The molecule has 0 aliphatic carbocycles. The molecular weight excluding hydrogens is 284 g/mol. The van der Waals surface area contributed by atoms with Crippen molar-refractivity contribution in [2.24, 2.45) is 0 Å². The molecule has 3 rings (SSSR count). The lowest BCUT2D eigenvalue weighted by molar-refractivity contribution is 0.889. The Bertz CT molecular complexity index is 895. The van der Waals surface area contributed by atoms with E-state index in [0.717, 1.165) is 47.2 Å². The predicted molar refractivity (Wildman–Crippen MR) is 97.8 cm³/mol. The quantitative estimate of drug-likeness (QED) is 0.706. The van der Waals surface area contributed by atoms with Crippen molar-refractivity contribution in [1.82, 2.24) is 4.98 Å². The van der Waals surface area contributed by atoms with Crippen molar-refractivity contribution < 1.29 is 0 Å². The molecule has 0 saturated carbocycles. The van der Waals surface area contributed by atoms with E-state index in [2.05, 4.69) is 18.8 Å². The van der Waals surface area contributed by atoms with E-state index in [0.29, 0.717) is 11.1 Å². The zero-order chi connectivity index (χ0) is 16.4. The van der Waals surface area contributed by atoms with Crippen molar-refractivity contribution in [3.8, 4) is 11.1 Å². The fraction of sp³-hybridized carbons (Fsp3) is 0.250. The molecule has 0 bridgehead atoms. The number of fused-ring (bicyclic) bond motifs is 1. The Kier molecular flexibility index (Phi) is 4.20. The maximum atomic E-state index is 13.2. The van der Waals surface area contributed by atoms with Crippen LogP contribution in [0.2, 0.25) is 0 Å². The highest BCUT2D eigenvalue weighted by molar-refractivity contribution is 5.89. The van der Waals surface area contributed by atoms with Gasteiger partial charge in [0.15, 0.2) is 5.43 Å². The lowest BCUT2D eigenvalue weighted by Gasteiger charge is -2.14. The highest BCUT2D eigenvalue weighted by Gasteiger charge is 2.15. The average Bonchev–Trinajstić information content (AvgIpc) is 2.56. The molecule has 0 atom stereocenters. The number of nitrogen functional groups attached to an aromatic ring is 1. The minimum atomic E-state index is 0.0652. The largest absolute Gasteiger partial charge is 0.399 e. The third-order valence-corrected chi connectivity index (χ3v) is 4.24. The summed E-state index contributed by atoms with van der Waals surface area (Å²) in [6.45, 7) is 4.21. The summed E-state index contributed by atoms with van der Waals surface area (Å²) in [6.07, 6.45) is 2.67. The van der Waals surface area contributed by atoms with E-state index in [-0.39, 0.29) is 5.43 Å². The standard InChI is InChI=1S/C20H22N2O/c1-3-8-17-18(14-9-6-5-7-10-14)20(23)16-12-15(21)11-13(4-2)19(16)22-17/h5-7,9-12H,3-4,8,21H2,1-2H3,(H,22,23). The highest BCUT2D eigenvalue weighted by Crippen LogP contribution is 2.26. The van der Waals surface area contributed by atoms with Gasteiger partial charge < -0.3 is 10.7 Å². The van der Waals surface area contributed by atoms with E-state index in [1.54, 1.807) is 6.07 Å². The molecule has 3 heteroatoms. The number of H-pyrrole nitrogens is 1. The van der Waals surface area contributed by atoms with Crippen molar-refractivity contribution in [1.29, 1.82) is 0 Å². The molecule has 0 radical (unpaired) electrons. The van der Waals surface area contributed by atoms with Crippen LogP contribution in [0.25, 0.3) is 22.0 Å². The van der Waals surface area contributed by atoms with Gasteiger partial charge in [0, 0.05) is 22.3 Å². The molecule has 0 saturated heterocycles. The van der Waals surface area contributed by atoms with Crippen molar-refractivity contribution >= 4 is 16.6 Å². The molecule has 23 heavy (non-hydrogen) atoms. The van der Waals surface area contributed by atoms with Gasteiger partial charge in [-0.3, -0.25) is 4.79 Å². The topological polar surface area (TPSA) is 58.9 Å². The number of nitrogens with two attached hydrogens (primary N) is 1. The lowest BCUT2D eigenvalue weighted by atomic mass is 9.96. The predicted octanol–water partition coefficient (Wildman–Crippen LogP) is 4.29. The van der Waals surface area contributed by atoms with Crippen molar-refractivity contribution in [2.75, 3.05) is 5.73 Å². The van der Waals surface area contributed by atoms with Gasteiger partial charge in [-0.05, 0) is 36.1 Å². The van der Waals surface area contributed by atoms with E-state index in [1.165, 1.54) is 0 Å². The van der Waals surface area contributed by atoms with Gasteiger partial charge in [0.25, 0.3) is 0 Å². The van der Waals surface area contributed by atoms with Gasteiger partial charge in [-0.1, -0.05) is 50.6 Å². The number of aromatic amines is 1. The molecule has 118 valence electrons. The Morgan fingerprint density at radius 1 is 1.09 bits per heavy atom. The van der Waals surface area contributed by atoms with Crippen LogP contribution in [0.1, 0.15) is 31.5 Å². The maximum Gasteiger partial charge on any atom is 0.197 e. The fourth-order valence-corrected chi connectivity index (χ4v) is 3.17. The van der Waals surface area contributed by atoms with Gasteiger partial charge in [0.2, 0.25) is 0 Å². The number of anilines is 1. The zero-order valence-corrected chi connectivity index (χ0v) is 13.6. The second-order valence-corrected chi connectivity index (χ2v) is 5.88. The molecule has 0 aliphatic rings. The summed E-state index contributed by atoms with van der Waals surface area (Å²) in [4.78, 5) is 16.7.